The first-order valence-corrected chi connectivity index (χ1v) is 9.56. The van der Waals surface area contributed by atoms with Crippen molar-refractivity contribution in [2.75, 3.05) is 59.1 Å². The van der Waals surface area contributed by atoms with E-state index in [4.69, 9.17) is 0 Å². The van der Waals surface area contributed by atoms with Crippen LogP contribution in [0.15, 0.2) is 0 Å². The zero-order valence-electron chi connectivity index (χ0n) is 14.2. The van der Waals surface area contributed by atoms with E-state index in [1.54, 1.807) is 18.7 Å². The lowest BCUT2D eigenvalue weighted by Crippen LogP contribution is -2.54. The molecule has 0 aliphatic carbocycles. The first-order valence-electron chi connectivity index (χ1n) is 7.91. The summed E-state index contributed by atoms with van der Waals surface area (Å²) in [6.07, 6.45) is 0.542. The second-order valence-electron chi connectivity index (χ2n) is 6.13. The lowest BCUT2D eigenvalue weighted by atomic mass is 10.2. The molecule has 8 heteroatoms. The second kappa shape index (κ2) is 8.81. The number of piperazine rings is 1. The van der Waals surface area contributed by atoms with Gasteiger partial charge in [-0.25, -0.2) is 13.1 Å². The van der Waals surface area contributed by atoms with Crippen molar-refractivity contribution in [2.45, 2.75) is 26.3 Å². The van der Waals surface area contributed by atoms with Crippen LogP contribution in [0.1, 0.15) is 20.3 Å². The Kier molecular flexibility index (Phi) is 7.75. The molecule has 0 unspecified atom stereocenters. The van der Waals surface area contributed by atoms with Crippen LogP contribution in [0.2, 0.25) is 0 Å². The largest absolute Gasteiger partial charge is 0.339 e. The van der Waals surface area contributed by atoms with Gasteiger partial charge in [0.25, 0.3) is 0 Å². The molecule has 1 N–H and O–H groups in total. The maximum atomic E-state index is 12.3. The molecule has 1 atom stereocenters. The minimum Gasteiger partial charge on any atom is -0.339 e. The van der Waals surface area contributed by atoms with Crippen molar-refractivity contribution in [1.29, 1.82) is 0 Å². The third kappa shape index (κ3) is 6.60. The van der Waals surface area contributed by atoms with Gasteiger partial charge in [0.15, 0.2) is 0 Å². The molecular formula is C14H30N4O3S. The number of hydrogen-bond donors (Lipinski definition) is 1. The molecule has 7 nitrogen and oxygen atoms in total. The van der Waals surface area contributed by atoms with Crippen LogP contribution in [0.5, 0.6) is 0 Å². The Hall–Kier alpha value is -0.700. The van der Waals surface area contributed by atoms with Gasteiger partial charge in [-0.2, -0.15) is 0 Å². The molecule has 0 saturated carbocycles. The van der Waals surface area contributed by atoms with Gasteiger partial charge in [0.1, 0.15) is 0 Å². The zero-order valence-corrected chi connectivity index (χ0v) is 15.0. The summed E-state index contributed by atoms with van der Waals surface area (Å²) in [5, 5.41) is 0. The van der Waals surface area contributed by atoms with E-state index in [0.29, 0.717) is 19.5 Å². The van der Waals surface area contributed by atoms with E-state index < -0.39 is 16.1 Å². The van der Waals surface area contributed by atoms with E-state index in [1.165, 1.54) is 0 Å². The van der Waals surface area contributed by atoms with Crippen molar-refractivity contribution in [2.24, 2.45) is 0 Å². The number of amides is 1. The Morgan fingerprint density at radius 3 is 2.32 bits per heavy atom. The lowest BCUT2D eigenvalue weighted by Gasteiger charge is -2.36. The Morgan fingerprint density at radius 2 is 1.82 bits per heavy atom. The number of likely N-dealkylation sites (N-methyl/N-ethyl adjacent to an activating group) is 1. The molecule has 0 aromatic rings. The SMILES string of the molecule is CCCS(=O)(=O)N[C@H](C)C(=O)N1CCN(CCN(C)C)CC1. The van der Waals surface area contributed by atoms with Crippen molar-refractivity contribution in [3.05, 3.63) is 0 Å². The van der Waals surface area contributed by atoms with Crippen LogP contribution in [-0.4, -0.2) is 94.2 Å². The molecule has 0 radical (unpaired) electrons. The molecule has 0 aromatic heterocycles. The highest BCUT2D eigenvalue weighted by Gasteiger charge is 2.27. The van der Waals surface area contributed by atoms with E-state index in [0.717, 1.165) is 26.2 Å². The van der Waals surface area contributed by atoms with Gasteiger partial charge in [0.05, 0.1) is 11.8 Å². The average Bonchev–Trinajstić information content (AvgIpc) is 2.44. The Morgan fingerprint density at radius 1 is 1.23 bits per heavy atom. The molecular weight excluding hydrogens is 304 g/mol. The summed E-state index contributed by atoms with van der Waals surface area (Å²) < 4.78 is 25.9. The van der Waals surface area contributed by atoms with Crippen molar-refractivity contribution in [3.8, 4) is 0 Å². The number of sulfonamides is 1. The monoisotopic (exact) mass is 334 g/mol. The molecule has 22 heavy (non-hydrogen) atoms. The lowest BCUT2D eigenvalue weighted by molar-refractivity contribution is -0.134. The van der Waals surface area contributed by atoms with E-state index >= 15 is 0 Å². The fraction of sp³-hybridized carbons (Fsp3) is 0.929. The molecule has 0 bridgehead atoms. The number of rotatable bonds is 8. The molecule has 1 aliphatic rings. The zero-order chi connectivity index (χ0) is 16.8. The number of hydrogen-bond acceptors (Lipinski definition) is 5. The van der Waals surface area contributed by atoms with Crippen molar-refractivity contribution in [1.82, 2.24) is 19.4 Å². The van der Waals surface area contributed by atoms with Crippen molar-refractivity contribution >= 4 is 15.9 Å². The van der Waals surface area contributed by atoms with Gasteiger partial charge >= 0.3 is 0 Å². The standard InChI is InChI=1S/C14H30N4O3S/c1-5-12-22(20,21)15-13(2)14(19)18-10-8-17(9-11-18)7-6-16(3)4/h13,15H,5-12H2,1-4H3/t13-/m1/s1. The van der Waals surface area contributed by atoms with Crippen LogP contribution in [0.4, 0.5) is 0 Å². The molecule has 130 valence electrons. The van der Waals surface area contributed by atoms with Crippen LogP contribution < -0.4 is 4.72 Å². The first kappa shape index (κ1) is 19.3. The van der Waals surface area contributed by atoms with Crippen LogP contribution in [0.25, 0.3) is 0 Å². The molecule has 1 rings (SSSR count). The highest BCUT2D eigenvalue weighted by atomic mass is 32.2. The maximum Gasteiger partial charge on any atom is 0.240 e. The summed E-state index contributed by atoms with van der Waals surface area (Å²) in [6, 6.07) is -0.690. The summed E-state index contributed by atoms with van der Waals surface area (Å²) in [5.41, 5.74) is 0. The van der Waals surface area contributed by atoms with Gasteiger partial charge in [-0.3, -0.25) is 9.69 Å². The number of nitrogens with zero attached hydrogens (tertiary/aromatic N) is 3. The number of carbonyl (C=O) groups is 1. The predicted molar refractivity (Wildman–Crippen MR) is 88.2 cm³/mol. The summed E-state index contributed by atoms with van der Waals surface area (Å²) >= 11 is 0. The van der Waals surface area contributed by atoms with Gasteiger partial charge in [0, 0.05) is 39.3 Å². The Balaban J connectivity index is 2.41. The van der Waals surface area contributed by atoms with Crippen LogP contribution in [-0.2, 0) is 14.8 Å². The number of nitrogens with one attached hydrogen (secondary N) is 1. The molecule has 1 saturated heterocycles. The number of carbonyl (C=O) groups excluding carboxylic acids is 1. The van der Waals surface area contributed by atoms with E-state index in [9.17, 15) is 13.2 Å². The molecule has 1 aliphatic heterocycles. The van der Waals surface area contributed by atoms with E-state index in [2.05, 4.69) is 14.5 Å². The average molecular weight is 334 g/mol. The molecule has 1 amide bonds. The van der Waals surface area contributed by atoms with Gasteiger partial charge in [-0.15, -0.1) is 0 Å². The van der Waals surface area contributed by atoms with Gasteiger partial charge in [-0.05, 0) is 27.4 Å². The minimum absolute atomic E-state index is 0.0585. The predicted octanol–water partition coefficient (Wildman–Crippen LogP) is -0.590. The summed E-state index contributed by atoms with van der Waals surface area (Å²) in [5.74, 6) is -0.0740. The minimum atomic E-state index is -3.36. The summed E-state index contributed by atoms with van der Waals surface area (Å²) in [6.45, 7) is 8.42. The third-order valence-electron chi connectivity index (χ3n) is 3.75. The van der Waals surface area contributed by atoms with Gasteiger partial charge < -0.3 is 9.80 Å². The van der Waals surface area contributed by atoms with Crippen LogP contribution >= 0.6 is 0 Å². The van der Waals surface area contributed by atoms with Crippen LogP contribution in [0.3, 0.4) is 0 Å². The fourth-order valence-electron chi connectivity index (χ4n) is 2.45. The summed E-state index contributed by atoms with van der Waals surface area (Å²) in [7, 11) is 0.734. The van der Waals surface area contributed by atoms with Crippen molar-refractivity contribution in [3.63, 3.8) is 0 Å². The van der Waals surface area contributed by atoms with Crippen molar-refractivity contribution < 1.29 is 13.2 Å². The maximum absolute atomic E-state index is 12.3. The first-order chi connectivity index (χ1) is 10.2. The topological polar surface area (TPSA) is 73.0 Å². The highest BCUT2D eigenvalue weighted by Crippen LogP contribution is 2.05. The summed E-state index contributed by atoms with van der Waals surface area (Å²) in [4.78, 5) is 18.6. The normalized spacial score (nSPS) is 18.7. The second-order valence-corrected chi connectivity index (χ2v) is 8.00. The quantitative estimate of drug-likeness (QED) is 0.642. The van der Waals surface area contributed by atoms with Gasteiger partial charge in [0.2, 0.25) is 15.9 Å². The fourth-order valence-corrected chi connectivity index (χ4v) is 3.75. The Labute approximate surface area is 134 Å². The molecule has 1 heterocycles. The Bertz CT molecular complexity index is 445. The smallest absolute Gasteiger partial charge is 0.240 e. The van der Waals surface area contributed by atoms with E-state index in [-0.39, 0.29) is 11.7 Å². The molecule has 0 aromatic carbocycles. The highest BCUT2D eigenvalue weighted by molar-refractivity contribution is 7.89. The van der Waals surface area contributed by atoms with Crippen LogP contribution in [0, 0.1) is 0 Å². The van der Waals surface area contributed by atoms with E-state index in [1.807, 2.05) is 14.1 Å². The third-order valence-corrected chi connectivity index (χ3v) is 5.41. The molecule has 1 fully saturated rings. The molecule has 0 spiro atoms. The van der Waals surface area contributed by atoms with Gasteiger partial charge in [-0.1, -0.05) is 6.92 Å².